The Morgan fingerprint density at radius 2 is 2.38 bits per heavy atom. The van der Waals surface area contributed by atoms with E-state index >= 15 is 0 Å². The zero-order chi connectivity index (χ0) is 12.1. The molecule has 0 bridgehead atoms. The fourth-order valence-corrected chi connectivity index (χ4v) is 1.26. The molecule has 2 N–H and O–H groups in total. The lowest BCUT2D eigenvalue weighted by Crippen LogP contribution is -2.02. The van der Waals surface area contributed by atoms with Gasteiger partial charge in [-0.2, -0.15) is 5.26 Å². The first-order valence-electron chi connectivity index (χ1n) is 4.28. The van der Waals surface area contributed by atoms with Crippen LogP contribution in [-0.2, 0) is 0 Å². The van der Waals surface area contributed by atoms with Gasteiger partial charge in [0.2, 0.25) is 5.75 Å². The van der Waals surface area contributed by atoms with Crippen molar-refractivity contribution < 1.29 is 9.66 Å². The van der Waals surface area contributed by atoms with Crippen LogP contribution in [0.2, 0.25) is 0 Å². The average Bonchev–Trinajstić information content (AvgIpc) is 2.28. The summed E-state index contributed by atoms with van der Waals surface area (Å²) in [5, 5.41) is 19.2. The lowest BCUT2D eigenvalue weighted by Gasteiger charge is -2.07. The molecular weight excluding hydrogens is 210 g/mol. The SMILES string of the molecule is COc1c(/C(N)=C/C#N)cccc1[N+](=O)[O-]. The Balaban J connectivity index is 3.42. The van der Waals surface area contributed by atoms with Crippen LogP contribution in [0.25, 0.3) is 5.70 Å². The molecule has 0 heterocycles. The number of hydrogen-bond acceptors (Lipinski definition) is 5. The summed E-state index contributed by atoms with van der Waals surface area (Å²) in [5.74, 6) is 0.0523. The molecule has 6 nitrogen and oxygen atoms in total. The smallest absolute Gasteiger partial charge is 0.311 e. The number of nitrogens with two attached hydrogens (primary N) is 1. The highest BCUT2D eigenvalue weighted by molar-refractivity contribution is 5.73. The molecule has 0 saturated heterocycles. The molecule has 0 aliphatic heterocycles. The van der Waals surface area contributed by atoms with Crippen LogP contribution in [0.4, 0.5) is 5.69 Å². The molecule has 82 valence electrons. The van der Waals surface area contributed by atoms with Gasteiger partial charge in [-0.3, -0.25) is 10.1 Å². The van der Waals surface area contributed by atoms with E-state index in [0.717, 1.165) is 6.08 Å². The maximum Gasteiger partial charge on any atom is 0.311 e. The molecule has 1 rings (SSSR count). The first-order valence-corrected chi connectivity index (χ1v) is 4.28. The van der Waals surface area contributed by atoms with E-state index in [1.54, 1.807) is 12.1 Å². The van der Waals surface area contributed by atoms with Gasteiger partial charge < -0.3 is 10.5 Å². The van der Waals surface area contributed by atoms with Crippen molar-refractivity contribution in [2.75, 3.05) is 7.11 Å². The Kier molecular flexibility index (Phi) is 3.45. The number of nitro groups is 1. The molecule has 0 unspecified atom stereocenters. The van der Waals surface area contributed by atoms with Crippen molar-refractivity contribution in [2.24, 2.45) is 5.73 Å². The molecule has 0 spiro atoms. The third-order valence-corrected chi connectivity index (χ3v) is 1.93. The second-order valence-electron chi connectivity index (χ2n) is 2.84. The van der Waals surface area contributed by atoms with E-state index < -0.39 is 4.92 Å². The largest absolute Gasteiger partial charge is 0.490 e. The minimum absolute atomic E-state index is 0.0523. The Morgan fingerprint density at radius 1 is 1.69 bits per heavy atom. The predicted molar refractivity (Wildman–Crippen MR) is 57.4 cm³/mol. The van der Waals surface area contributed by atoms with E-state index in [2.05, 4.69) is 0 Å². The van der Waals surface area contributed by atoms with Gasteiger partial charge in [-0.05, 0) is 6.07 Å². The van der Waals surface area contributed by atoms with Crippen molar-refractivity contribution in [1.29, 1.82) is 5.26 Å². The maximum absolute atomic E-state index is 10.7. The van der Waals surface area contributed by atoms with Gasteiger partial charge >= 0.3 is 5.69 Å². The van der Waals surface area contributed by atoms with E-state index in [9.17, 15) is 10.1 Å². The number of ether oxygens (including phenoxy) is 1. The lowest BCUT2D eigenvalue weighted by molar-refractivity contribution is -0.385. The molecule has 0 saturated carbocycles. The highest BCUT2D eigenvalue weighted by Gasteiger charge is 2.19. The Morgan fingerprint density at radius 3 is 2.88 bits per heavy atom. The van der Waals surface area contributed by atoms with Crippen LogP contribution in [0.5, 0.6) is 5.75 Å². The summed E-state index contributed by atoms with van der Waals surface area (Å²) < 4.78 is 4.93. The molecule has 0 aliphatic rings. The lowest BCUT2D eigenvalue weighted by atomic mass is 10.1. The number of nitrogens with zero attached hydrogens (tertiary/aromatic N) is 2. The summed E-state index contributed by atoms with van der Waals surface area (Å²) in [6, 6.07) is 6.09. The molecule has 6 heteroatoms. The number of hydrogen-bond donors (Lipinski definition) is 1. The van der Waals surface area contributed by atoms with Crippen molar-refractivity contribution in [3.63, 3.8) is 0 Å². The van der Waals surface area contributed by atoms with Crippen molar-refractivity contribution in [1.82, 2.24) is 0 Å². The maximum atomic E-state index is 10.7. The normalized spacial score (nSPS) is 10.6. The van der Waals surface area contributed by atoms with Gasteiger partial charge in [-0.15, -0.1) is 0 Å². The van der Waals surface area contributed by atoms with Crippen LogP contribution in [0, 0.1) is 21.4 Å². The molecule has 0 radical (unpaired) electrons. The number of rotatable bonds is 3. The molecular formula is C10H9N3O3. The zero-order valence-electron chi connectivity index (χ0n) is 8.51. The summed E-state index contributed by atoms with van der Waals surface area (Å²) in [7, 11) is 1.31. The second kappa shape index (κ2) is 4.79. The summed E-state index contributed by atoms with van der Waals surface area (Å²) >= 11 is 0. The Labute approximate surface area is 91.7 Å². The van der Waals surface area contributed by atoms with Crippen molar-refractivity contribution in [2.45, 2.75) is 0 Å². The zero-order valence-corrected chi connectivity index (χ0v) is 8.51. The minimum Gasteiger partial charge on any atom is -0.490 e. The minimum atomic E-state index is -0.567. The molecule has 1 aromatic carbocycles. The number of benzene rings is 1. The topological polar surface area (TPSA) is 102 Å². The molecule has 0 aliphatic carbocycles. The Bertz CT molecular complexity index is 489. The van der Waals surface area contributed by atoms with Crippen LogP contribution in [0.15, 0.2) is 24.3 Å². The van der Waals surface area contributed by atoms with Gasteiger partial charge in [0, 0.05) is 17.7 Å². The van der Waals surface area contributed by atoms with Crippen LogP contribution in [-0.4, -0.2) is 12.0 Å². The van der Waals surface area contributed by atoms with Gasteiger partial charge in [-0.1, -0.05) is 6.07 Å². The standard InChI is InChI=1S/C10H9N3O3/c1-16-10-7(8(12)5-6-11)3-2-4-9(10)13(14)15/h2-5H,12H2,1H3/b8-5-. The van der Waals surface area contributed by atoms with Crippen LogP contribution < -0.4 is 10.5 Å². The predicted octanol–water partition coefficient (Wildman–Crippen LogP) is 1.43. The summed E-state index contributed by atoms with van der Waals surface area (Å²) in [5.41, 5.74) is 5.86. The van der Waals surface area contributed by atoms with Gasteiger partial charge in [-0.25, -0.2) is 0 Å². The van der Waals surface area contributed by atoms with Crippen molar-refractivity contribution in [3.05, 3.63) is 40.0 Å². The number of methoxy groups -OCH3 is 1. The summed E-state index contributed by atoms with van der Waals surface area (Å²) in [4.78, 5) is 10.1. The Hall–Kier alpha value is -2.55. The summed E-state index contributed by atoms with van der Waals surface area (Å²) in [6.07, 6.45) is 1.10. The fourth-order valence-electron chi connectivity index (χ4n) is 1.26. The molecule has 16 heavy (non-hydrogen) atoms. The summed E-state index contributed by atoms with van der Waals surface area (Å²) in [6.45, 7) is 0. The number of allylic oxidation sites excluding steroid dienone is 1. The highest BCUT2D eigenvalue weighted by atomic mass is 16.6. The van der Waals surface area contributed by atoms with Crippen LogP contribution in [0.3, 0.4) is 0 Å². The molecule has 0 aromatic heterocycles. The molecule has 0 fully saturated rings. The van der Waals surface area contributed by atoms with Crippen LogP contribution in [0.1, 0.15) is 5.56 Å². The van der Waals surface area contributed by atoms with Crippen molar-refractivity contribution in [3.8, 4) is 11.8 Å². The van der Waals surface area contributed by atoms with Crippen LogP contribution >= 0.6 is 0 Å². The first kappa shape index (κ1) is 11.5. The molecule has 0 amide bonds. The van der Waals surface area contributed by atoms with Gasteiger partial charge in [0.25, 0.3) is 0 Å². The monoisotopic (exact) mass is 219 g/mol. The van der Waals surface area contributed by atoms with E-state index in [0.29, 0.717) is 5.56 Å². The van der Waals surface area contributed by atoms with Gasteiger partial charge in [0.15, 0.2) is 0 Å². The first-order chi connectivity index (χ1) is 7.61. The third-order valence-electron chi connectivity index (χ3n) is 1.93. The second-order valence-corrected chi connectivity index (χ2v) is 2.84. The van der Waals surface area contributed by atoms with E-state index in [1.165, 1.54) is 19.2 Å². The molecule has 0 atom stereocenters. The quantitative estimate of drug-likeness (QED) is 0.470. The number of para-hydroxylation sites is 1. The van der Waals surface area contributed by atoms with E-state index in [1.807, 2.05) is 0 Å². The van der Waals surface area contributed by atoms with Gasteiger partial charge in [0.1, 0.15) is 0 Å². The fraction of sp³-hybridized carbons (Fsp3) is 0.100. The number of nitriles is 1. The molecule has 1 aromatic rings. The third kappa shape index (κ3) is 2.09. The van der Waals surface area contributed by atoms with E-state index in [-0.39, 0.29) is 17.1 Å². The highest BCUT2D eigenvalue weighted by Crippen LogP contribution is 2.33. The van der Waals surface area contributed by atoms with Gasteiger partial charge in [0.05, 0.1) is 23.8 Å². The van der Waals surface area contributed by atoms with Crippen molar-refractivity contribution >= 4 is 11.4 Å². The average molecular weight is 219 g/mol. The van der Waals surface area contributed by atoms with E-state index in [4.69, 9.17) is 15.7 Å². The number of nitro benzene ring substituents is 1.